The standard InChI is InChI=1S/C11H12N8O2/c20-9-11(13-10(21)12-9)3-5-18(6-4-11)8-2-1-7-14-16-17-19(7)15-8/h1-2H,3-6H2,(H2,12,13,20,21). The quantitative estimate of drug-likeness (QED) is 0.626. The average molecular weight is 288 g/mol. The van der Waals surface area contributed by atoms with E-state index < -0.39 is 11.6 Å². The molecule has 0 radical (unpaired) electrons. The Balaban J connectivity index is 1.54. The van der Waals surface area contributed by atoms with Crippen LogP contribution in [0.1, 0.15) is 12.8 Å². The number of amides is 3. The van der Waals surface area contributed by atoms with E-state index in [1.165, 1.54) is 4.63 Å². The Labute approximate surface area is 118 Å². The molecule has 4 rings (SSSR count). The molecule has 1 spiro atoms. The third-order valence-corrected chi connectivity index (χ3v) is 4.01. The van der Waals surface area contributed by atoms with Gasteiger partial charge in [0, 0.05) is 13.1 Å². The number of aromatic nitrogens is 5. The van der Waals surface area contributed by atoms with Crippen LogP contribution < -0.4 is 15.5 Å². The van der Waals surface area contributed by atoms with Crippen molar-refractivity contribution >= 4 is 23.4 Å². The second-order valence-electron chi connectivity index (χ2n) is 5.20. The number of fused-ring (bicyclic) bond motifs is 1. The van der Waals surface area contributed by atoms with Crippen LogP contribution >= 0.6 is 0 Å². The van der Waals surface area contributed by atoms with Gasteiger partial charge >= 0.3 is 6.03 Å². The number of urea groups is 1. The minimum Gasteiger partial charge on any atom is -0.355 e. The molecule has 0 saturated carbocycles. The highest BCUT2D eigenvalue weighted by atomic mass is 16.2. The van der Waals surface area contributed by atoms with Gasteiger partial charge in [0.1, 0.15) is 5.54 Å². The van der Waals surface area contributed by atoms with Crippen LogP contribution in [0.25, 0.3) is 5.65 Å². The van der Waals surface area contributed by atoms with Gasteiger partial charge in [0.15, 0.2) is 11.5 Å². The fourth-order valence-corrected chi connectivity index (χ4v) is 2.81. The molecular formula is C11H12N8O2. The van der Waals surface area contributed by atoms with E-state index in [0.717, 1.165) is 5.82 Å². The van der Waals surface area contributed by atoms with Gasteiger partial charge in [-0.05, 0) is 35.4 Å². The Bertz CT molecular complexity index is 733. The summed E-state index contributed by atoms with van der Waals surface area (Å²) in [6.07, 6.45) is 1.08. The Morgan fingerprint density at radius 1 is 1.19 bits per heavy atom. The van der Waals surface area contributed by atoms with Gasteiger partial charge in [0.25, 0.3) is 5.91 Å². The molecule has 0 bridgehead atoms. The van der Waals surface area contributed by atoms with Crippen molar-refractivity contribution in [1.29, 1.82) is 0 Å². The summed E-state index contributed by atoms with van der Waals surface area (Å²) in [6.45, 7) is 1.24. The maximum atomic E-state index is 11.9. The molecule has 21 heavy (non-hydrogen) atoms. The molecule has 2 aliphatic heterocycles. The lowest BCUT2D eigenvalue weighted by Gasteiger charge is -2.37. The lowest BCUT2D eigenvalue weighted by Crippen LogP contribution is -2.55. The number of imide groups is 1. The predicted molar refractivity (Wildman–Crippen MR) is 69.4 cm³/mol. The molecule has 10 nitrogen and oxygen atoms in total. The SMILES string of the molecule is O=C1NC(=O)C2(CCN(c3ccc4nnnn4n3)CC2)N1. The smallest absolute Gasteiger partial charge is 0.322 e. The molecule has 0 unspecified atom stereocenters. The third kappa shape index (κ3) is 1.79. The zero-order valence-electron chi connectivity index (χ0n) is 11.0. The van der Waals surface area contributed by atoms with Crippen molar-refractivity contribution in [2.45, 2.75) is 18.4 Å². The molecule has 3 amide bonds. The van der Waals surface area contributed by atoms with E-state index in [9.17, 15) is 9.59 Å². The second-order valence-corrected chi connectivity index (χ2v) is 5.20. The molecule has 2 saturated heterocycles. The highest BCUT2D eigenvalue weighted by Crippen LogP contribution is 2.27. The van der Waals surface area contributed by atoms with Gasteiger partial charge in [-0.2, -0.15) is 0 Å². The normalized spacial score (nSPS) is 20.9. The van der Waals surface area contributed by atoms with Gasteiger partial charge < -0.3 is 10.2 Å². The maximum Gasteiger partial charge on any atom is 0.322 e. The number of tetrazole rings is 1. The minimum absolute atomic E-state index is 0.240. The molecule has 0 atom stereocenters. The number of anilines is 1. The van der Waals surface area contributed by atoms with E-state index in [0.29, 0.717) is 31.6 Å². The summed E-state index contributed by atoms with van der Waals surface area (Å²) in [6, 6.07) is 3.22. The van der Waals surface area contributed by atoms with Crippen molar-refractivity contribution < 1.29 is 9.59 Å². The molecule has 0 aliphatic carbocycles. The Morgan fingerprint density at radius 2 is 2.00 bits per heavy atom. The largest absolute Gasteiger partial charge is 0.355 e. The van der Waals surface area contributed by atoms with E-state index in [2.05, 4.69) is 31.3 Å². The first-order chi connectivity index (χ1) is 10.2. The van der Waals surface area contributed by atoms with Crippen LogP contribution in [0, 0.1) is 0 Å². The predicted octanol–water partition coefficient (Wildman–Crippen LogP) is -1.30. The van der Waals surface area contributed by atoms with Gasteiger partial charge in [0.2, 0.25) is 0 Å². The van der Waals surface area contributed by atoms with Crippen molar-refractivity contribution in [2.24, 2.45) is 0 Å². The van der Waals surface area contributed by atoms with Crippen molar-refractivity contribution in [3.05, 3.63) is 12.1 Å². The van der Waals surface area contributed by atoms with Crippen LogP contribution in [-0.4, -0.2) is 55.8 Å². The molecule has 2 aliphatic rings. The van der Waals surface area contributed by atoms with Gasteiger partial charge in [0.05, 0.1) is 0 Å². The Morgan fingerprint density at radius 3 is 2.71 bits per heavy atom. The lowest BCUT2D eigenvalue weighted by atomic mass is 9.88. The highest BCUT2D eigenvalue weighted by Gasteiger charge is 2.47. The van der Waals surface area contributed by atoms with E-state index in [1.54, 1.807) is 6.07 Å². The van der Waals surface area contributed by atoms with Crippen molar-refractivity contribution in [3.63, 3.8) is 0 Å². The van der Waals surface area contributed by atoms with Gasteiger partial charge in [-0.3, -0.25) is 10.1 Å². The van der Waals surface area contributed by atoms with Crippen molar-refractivity contribution in [1.82, 2.24) is 35.9 Å². The van der Waals surface area contributed by atoms with Crippen molar-refractivity contribution in [3.8, 4) is 0 Å². The van der Waals surface area contributed by atoms with Gasteiger partial charge in [-0.1, -0.05) is 0 Å². The summed E-state index contributed by atoms with van der Waals surface area (Å²) >= 11 is 0. The minimum atomic E-state index is -0.771. The average Bonchev–Trinajstić information content (AvgIpc) is 3.04. The summed E-state index contributed by atoms with van der Waals surface area (Å²) in [7, 11) is 0. The zero-order valence-corrected chi connectivity index (χ0v) is 11.0. The first kappa shape index (κ1) is 12.0. The Kier molecular flexibility index (Phi) is 2.35. The van der Waals surface area contributed by atoms with Crippen LogP contribution in [0.15, 0.2) is 12.1 Å². The maximum absolute atomic E-state index is 11.9. The topological polar surface area (TPSA) is 117 Å². The summed E-state index contributed by atoms with van der Waals surface area (Å²) in [4.78, 5) is 25.2. The van der Waals surface area contributed by atoms with E-state index >= 15 is 0 Å². The number of rotatable bonds is 1. The van der Waals surface area contributed by atoms with Crippen LogP contribution in [0.4, 0.5) is 10.6 Å². The molecule has 2 aromatic rings. The van der Waals surface area contributed by atoms with Crippen LogP contribution in [0.5, 0.6) is 0 Å². The number of nitrogens with zero attached hydrogens (tertiary/aromatic N) is 6. The summed E-state index contributed by atoms with van der Waals surface area (Å²) in [5, 5.41) is 20.5. The highest BCUT2D eigenvalue weighted by molar-refractivity contribution is 6.07. The molecule has 0 aromatic carbocycles. The van der Waals surface area contributed by atoms with Crippen molar-refractivity contribution in [2.75, 3.05) is 18.0 Å². The molecule has 2 fully saturated rings. The Hall–Kier alpha value is -2.78. The number of hydrogen-bond donors (Lipinski definition) is 2. The van der Waals surface area contributed by atoms with Crippen LogP contribution in [0.3, 0.4) is 0 Å². The first-order valence-corrected chi connectivity index (χ1v) is 6.60. The lowest BCUT2D eigenvalue weighted by molar-refractivity contribution is -0.124. The number of nitrogens with one attached hydrogen (secondary N) is 2. The van der Waals surface area contributed by atoms with E-state index in [4.69, 9.17) is 0 Å². The molecule has 4 heterocycles. The zero-order chi connectivity index (χ0) is 14.4. The fraction of sp³-hybridized carbons (Fsp3) is 0.455. The molecule has 2 N–H and O–H groups in total. The number of carbonyl (C=O) groups excluding carboxylic acids is 2. The monoisotopic (exact) mass is 288 g/mol. The number of carbonyl (C=O) groups is 2. The van der Waals surface area contributed by atoms with E-state index in [-0.39, 0.29) is 5.91 Å². The van der Waals surface area contributed by atoms with Gasteiger partial charge in [-0.25, -0.2) is 4.79 Å². The fourth-order valence-electron chi connectivity index (χ4n) is 2.81. The number of piperidine rings is 1. The number of hydrogen-bond acceptors (Lipinski definition) is 7. The molecular weight excluding hydrogens is 276 g/mol. The van der Waals surface area contributed by atoms with E-state index in [1.807, 2.05) is 11.0 Å². The van der Waals surface area contributed by atoms with Crippen LogP contribution in [0.2, 0.25) is 0 Å². The summed E-state index contributed by atoms with van der Waals surface area (Å²) in [5.41, 5.74) is -0.193. The third-order valence-electron chi connectivity index (χ3n) is 4.01. The molecule has 2 aromatic heterocycles. The van der Waals surface area contributed by atoms with Crippen LogP contribution in [-0.2, 0) is 4.79 Å². The van der Waals surface area contributed by atoms with Gasteiger partial charge in [-0.15, -0.1) is 14.8 Å². The first-order valence-electron chi connectivity index (χ1n) is 6.60. The summed E-state index contributed by atoms with van der Waals surface area (Å²) in [5.74, 6) is 0.505. The summed E-state index contributed by atoms with van der Waals surface area (Å²) < 4.78 is 1.36. The molecule has 108 valence electrons. The molecule has 10 heteroatoms. The second kappa shape index (κ2) is 4.11.